The summed E-state index contributed by atoms with van der Waals surface area (Å²) >= 11 is 0. The number of aliphatic carboxylic acids is 1. The molecule has 0 saturated heterocycles. The van der Waals surface area contributed by atoms with Gasteiger partial charge in [0.2, 0.25) is 0 Å². The monoisotopic (exact) mass is 503 g/mol. The molecule has 9 heteroatoms. The maximum atomic E-state index is 14.9. The van der Waals surface area contributed by atoms with Gasteiger partial charge >= 0.3 is 11.9 Å². The van der Waals surface area contributed by atoms with Crippen LogP contribution in [0.1, 0.15) is 63.7 Å². The Hall–Kier alpha value is -2.84. The molecule has 3 unspecified atom stereocenters. The average molecular weight is 504 g/mol. The molecule has 2 bridgehead atoms. The number of methoxy groups -OCH3 is 1. The quantitative estimate of drug-likeness (QED) is 0.545. The molecule has 5 aliphatic carbocycles. The van der Waals surface area contributed by atoms with Crippen molar-refractivity contribution in [1.82, 2.24) is 5.32 Å². The molecule has 6 atom stereocenters. The molecule has 0 spiro atoms. The van der Waals surface area contributed by atoms with Gasteiger partial charge in [-0.15, -0.1) is 0 Å². The second-order valence-electron chi connectivity index (χ2n) is 12.0. The number of ether oxygens (including phenoxy) is 3. The lowest BCUT2D eigenvalue weighted by atomic mass is 9.74. The van der Waals surface area contributed by atoms with Crippen LogP contribution in [0.25, 0.3) is 0 Å². The number of carbonyl (C=O) groups is 3. The molecule has 0 aliphatic heterocycles. The Kier molecular flexibility index (Phi) is 5.76. The molecule has 5 fully saturated rings. The SMILES string of the molecule is COc1cc(F)c(OC2CCC(C)(C(=O)OC(C)(C)C)CC2)cc1C(=O)N[C@H]1C2C3C([C@@H]32)[C@H]1C(=O)O. The number of benzene rings is 1. The molecular weight excluding hydrogens is 469 g/mol. The summed E-state index contributed by atoms with van der Waals surface area (Å²) in [7, 11) is 1.35. The molecule has 1 aromatic carbocycles. The number of esters is 1. The summed E-state index contributed by atoms with van der Waals surface area (Å²) in [4.78, 5) is 37.5. The zero-order valence-corrected chi connectivity index (χ0v) is 21.3. The second kappa shape index (κ2) is 8.35. The van der Waals surface area contributed by atoms with Crippen LogP contribution in [0, 0.1) is 40.8 Å². The molecule has 8 nitrogen and oxygen atoms in total. The molecule has 0 heterocycles. The van der Waals surface area contributed by atoms with Crippen molar-refractivity contribution in [2.24, 2.45) is 35.0 Å². The maximum Gasteiger partial charge on any atom is 0.312 e. The number of halogens is 1. The zero-order valence-electron chi connectivity index (χ0n) is 21.3. The van der Waals surface area contributed by atoms with Gasteiger partial charge in [-0.25, -0.2) is 4.39 Å². The number of fused-ring (bicyclic) bond motifs is 1. The third-order valence-corrected chi connectivity index (χ3v) is 8.46. The Morgan fingerprint density at radius 2 is 1.69 bits per heavy atom. The first-order chi connectivity index (χ1) is 16.8. The summed E-state index contributed by atoms with van der Waals surface area (Å²) in [5.41, 5.74) is -1.09. The molecule has 36 heavy (non-hydrogen) atoms. The number of carboxylic acids is 1. The van der Waals surface area contributed by atoms with Crippen LogP contribution in [-0.4, -0.2) is 47.8 Å². The molecule has 5 saturated carbocycles. The van der Waals surface area contributed by atoms with Crippen LogP contribution in [0.3, 0.4) is 0 Å². The summed E-state index contributed by atoms with van der Waals surface area (Å²) in [6.07, 6.45) is 1.84. The van der Waals surface area contributed by atoms with Crippen LogP contribution in [-0.2, 0) is 14.3 Å². The van der Waals surface area contributed by atoms with Gasteiger partial charge < -0.3 is 24.6 Å². The van der Waals surface area contributed by atoms with E-state index in [4.69, 9.17) is 14.2 Å². The lowest BCUT2D eigenvalue weighted by Crippen LogP contribution is -2.41. The normalized spacial score (nSPS) is 35.9. The number of amides is 1. The first kappa shape index (κ1) is 24.8. The zero-order chi connectivity index (χ0) is 26.2. The predicted molar refractivity (Wildman–Crippen MR) is 126 cm³/mol. The van der Waals surface area contributed by atoms with E-state index in [9.17, 15) is 23.9 Å². The smallest absolute Gasteiger partial charge is 0.312 e. The van der Waals surface area contributed by atoms with Crippen molar-refractivity contribution in [2.75, 3.05) is 7.11 Å². The number of rotatable bonds is 7. The minimum absolute atomic E-state index is 0.0584. The highest BCUT2D eigenvalue weighted by Gasteiger charge is 2.85. The minimum atomic E-state index is -0.886. The van der Waals surface area contributed by atoms with Crippen molar-refractivity contribution in [1.29, 1.82) is 0 Å². The van der Waals surface area contributed by atoms with Crippen molar-refractivity contribution >= 4 is 17.8 Å². The standard InChI is InChI=1S/C27H34FNO7/c1-26(2,3)36-25(33)27(4)8-6-12(7-9-27)35-16-10-13(15(34-5)11-14(16)28)23(30)29-22-20-17-18(20)19(17)21(22)24(31)32/h10-12,17-22H,6-9H2,1-5H3,(H,29,30)(H,31,32)/t12?,17-,18?,19?,20?,21-,22+,27?/m1/s1. The minimum Gasteiger partial charge on any atom is -0.496 e. The first-order valence-corrected chi connectivity index (χ1v) is 12.7. The fourth-order valence-corrected chi connectivity index (χ4v) is 6.41. The van der Waals surface area contributed by atoms with Gasteiger partial charge in [-0.3, -0.25) is 14.4 Å². The van der Waals surface area contributed by atoms with E-state index in [0.717, 1.165) is 6.07 Å². The molecule has 6 rings (SSSR count). The van der Waals surface area contributed by atoms with Crippen LogP contribution >= 0.6 is 0 Å². The van der Waals surface area contributed by atoms with Crippen LogP contribution in [0.2, 0.25) is 0 Å². The van der Waals surface area contributed by atoms with Gasteiger partial charge in [0.15, 0.2) is 11.6 Å². The summed E-state index contributed by atoms with van der Waals surface area (Å²) in [5, 5.41) is 12.5. The highest BCUT2D eigenvalue weighted by atomic mass is 19.1. The van der Waals surface area contributed by atoms with Gasteiger partial charge in [0.05, 0.1) is 30.1 Å². The summed E-state index contributed by atoms with van der Waals surface area (Å²) in [6, 6.07) is 2.03. The fraction of sp³-hybridized carbons (Fsp3) is 0.667. The Bertz CT molecular complexity index is 1090. The topological polar surface area (TPSA) is 111 Å². The number of hydrogen-bond donors (Lipinski definition) is 2. The molecule has 2 N–H and O–H groups in total. The number of carbonyl (C=O) groups excluding carboxylic acids is 2. The molecule has 0 aromatic heterocycles. The average Bonchev–Trinajstić information content (AvgIpc) is 3.63. The number of hydrogen-bond acceptors (Lipinski definition) is 6. The Labute approximate surface area is 209 Å². The molecule has 1 amide bonds. The summed E-state index contributed by atoms with van der Waals surface area (Å²) < 4.78 is 31.6. The Balaban J connectivity index is 1.26. The lowest BCUT2D eigenvalue weighted by molar-refractivity contribution is -0.169. The molecule has 5 aliphatic rings. The maximum absolute atomic E-state index is 14.9. The summed E-state index contributed by atoms with van der Waals surface area (Å²) in [6.45, 7) is 7.39. The fourth-order valence-electron chi connectivity index (χ4n) is 6.41. The van der Waals surface area contributed by atoms with E-state index in [1.165, 1.54) is 13.2 Å². The molecule has 1 aromatic rings. The van der Waals surface area contributed by atoms with Crippen LogP contribution in [0.15, 0.2) is 12.1 Å². The van der Waals surface area contributed by atoms with E-state index in [1.807, 2.05) is 27.7 Å². The van der Waals surface area contributed by atoms with Crippen molar-refractivity contribution in [3.05, 3.63) is 23.5 Å². The highest BCUT2D eigenvalue weighted by Crippen LogP contribution is 2.83. The van der Waals surface area contributed by atoms with Gasteiger partial charge in [0, 0.05) is 12.1 Å². The van der Waals surface area contributed by atoms with Gasteiger partial charge in [0.25, 0.3) is 5.91 Å². The van der Waals surface area contributed by atoms with Crippen molar-refractivity contribution in [3.63, 3.8) is 0 Å². The third kappa shape index (κ3) is 4.20. The van der Waals surface area contributed by atoms with Crippen LogP contribution in [0.5, 0.6) is 11.5 Å². The van der Waals surface area contributed by atoms with Gasteiger partial charge in [0.1, 0.15) is 11.4 Å². The predicted octanol–water partition coefficient (Wildman–Crippen LogP) is 3.81. The summed E-state index contributed by atoms with van der Waals surface area (Å²) in [5.74, 6) is -1.62. The van der Waals surface area contributed by atoms with E-state index in [-0.39, 0.29) is 41.0 Å². The molecule has 196 valence electrons. The van der Waals surface area contributed by atoms with Crippen molar-refractivity contribution < 1.29 is 38.1 Å². The third-order valence-electron chi connectivity index (χ3n) is 8.46. The second-order valence-corrected chi connectivity index (χ2v) is 12.0. The van der Waals surface area contributed by atoms with Gasteiger partial charge in [-0.1, -0.05) is 0 Å². The highest BCUT2D eigenvalue weighted by molar-refractivity contribution is 5.98. The lowest BCUT2D eigenvalue weighted by Gasteiger charge is -2.37. The van der Waals surface area contributed by atoms with E-state index in [1.54, 1.807) is 0 Å². The van der Waals surface area contributed by atoms with E-state index in [2.05, 4.69) is 5.32 Å². The van der Waals surface area contributed by atoms with E-state index >= 15 is 0 Å². The largest absolute Gasteiger partial charge is 0.496 e. The van der Waals surface area contributed by atoms with Crippen LogP contribution in [0.4, 0.5) is 4.39 Å². The Morgan fingerprint density at radius 3 is 2.25 bits per heavy atom. The van der Waals surface area contributed by atoms with Gasteiger partial charge in [-0.05, 0) is 83.1 Å². The number of carboxylic acid groups (broad SMARTS) is 1. The Morgan fingerprint density at radius 1 is 1.06 bits per heavy atom. The van der Waals surface area contributed by atoms with Crippen molar-refractivity contribution in [2.45, 2.75) is 71.1 Å². The van der Waals surface area contributed by atoms with Gasteiger partial charge in [-0.2, -0.15) is 0 Å². The van der Waals surface area contributed by atoms with Crippen LogP contribution < -0.4 is 14.8 Å². The first-order valence-electron chi connectivity index (χ1n) is 12.7. The van der Waals surface area contributed by atoms with E-state index in [0.29, 0.717) is 37.5 Å². The molecular formula is C27H34FNO7. The number of nitrogens with one attached hydrogen (secondary N) is 1. The molecule has 0 radical (unpaired) electrons. The van der Waals surface area contributed by atoms with E-state index < -0.39 is 40.7 Å². The van der Waals surface area contributed by atoms with Crippen molar-refractivity contribution in [3.8, 4) is 11.5 Å².